The zero-order chi connectivity index (χ0) is 66.2. The Morgan fingerprint density at radius 1 is 0.255 bits per heavy atom. The molecular weight excluding hydrogens is 1150 g/mol. The zero-order valence-electron chi connectivity index (χ0n) is 58.2. The predicted molar refractivity (Wildman–Crippen MR) is 412 cm³/mol. The van der Waals surface area contributed by atoms with E-state index in [0.717, 1.165) is 85.2 Å². The van der Waals surface area contributed by atoms with Gasteiger partial charge < -0.3 is 39.2 Å². The minimum absolute atomic E-state index is 0. The standard InChI is InChI=1S/C23H28N2.C23H22N2.2C18H20N2.4CH4/c2*1-18-11-9-10-16-22(18)24-17-25(21-14-7-4-8-15-21)23(19(24)2)20-12-5-3-6-13-20;2*1-14-9-7-8-12-18(14)20-13-19(15(2)16(20)3)17-10-5-4-6-11-17;;;;/h4,7-11,14-16,20H,3,5-6,12-13,17H2,1-2H3;3-16H,17H2,1-2H3;2*4-12H,13H2,1-3H3;4*1H4/i2*17D;2*13D;;;;. The lowest BCUT2D eigenvalue weighted by atomic mass is 9.86. The highest BCUT2D eigenvalue weighted by atomic mass is 15.4. The first-order valence-corrected chi connectivity index (χ1v) is 31.9. The van der Waals surface area contributed by atoms with Gasteiger partial charge in [-0.2, -0.15) is 0 Å². The average molecular weight is 1260 g/mol. The molecule has 94 heavy (non-hydrogen) atoms. The Hall–Kier alpha value is -9.66. The molecule has 0 saturated heterocycles. The van der Waals surface area contributed by atoms with Crippen molar-refractivity contribution in [1.82, 2.24) is 0 Å². The number of hydrogen-bond acceptors (Lipinski definition) is 8. The Bertz CT molecular complexity index is 4030. The second-order valence-electron chi connectivity index (χ2n) is 23.9. The molecule has 0 radical (unpaired) electrons. The van der Waals surface area contributed by atoms with Gasteiger partial charge in [-0.15, -0.1) is 0 Å². The number of rotatable bonds is 10. The monoisotopic (exact) mass is 1250 g/mol. The van der Waals surface area contributed by atoms with Gasteiger partial charge in [-0.3, -0.25) is 0 Å². The van der Waals surface area contributed by atoms with E-state index in [2.05, 4.69) is 248 Å². The lowest BCUT2D eigenvalue weighted by molar-refractivity contribution is 0.397. The van der Waals surface area contributed by atoms with E-state index in [1.54, 1.807) is 0 Å². The Morgan fingerprint density at radius 3 is 0.862 bits per heavy atom. The fourth-order valence-electron chi connectivity index (χ4n) is 12.8. The molecule has 1 fully saturated rings. The van der Waals surface area contributed by atoms with Crippen LogP contribution in [0.4, 0.5) is 45.5 Å². The summed E-state index contributed by atoms with van der Waals surface area (Å²) in [6.07, 6.45) is 6.43. The molecule has 8 nitrogen and oxygen atoms in total. The van der Waals surface area contributed by atoms with E-state index in [1.165, 1.54) is 65.8 Å². The second kappa shape index (κ2) is 33.3. The van der Waals surface area contributed by atoms with Gasteiger partial charge in [0.25, 0.3) is 0 Å². The molecule has 9 aromatic rings. The topological polar surface area (TPSA) is 25.9 Å². The molecule has 0 bridgehead atoms. The number of para-hydroxylation sites is 8. The van der Waals surface area contributed by atoms with Gasteiger partial charge in [-0.05, 0) is 183 Å². The molecule has 4 atom stereocenters. The SMILES string of the molecule is C.C.C.C.[2H]C1N(c2ccccc2)C(C)=C(C)N1c1ccccc1C.[2H]C1N(c2ccccc2)C(C)=C(C)N1c1ccccc1C.[2H]C1N(c2ccccc2)C(C2CCCCC2)=C(C)N1c1ccccc1C.[2H]C1N(c2ccccc2)C(c2ccccc2)=C(C)N1c1ccccc1C. The van der Waals surface area contributed by atoms with E-state index in [9.17, 15) is 0 Å². The summed E-state index contributed by atoms with van der Waals surface area (Å²) in [6, 6.07) is 84.5. The van der Waals surface area contributed by atoms with Crippen molar-refractivity contribution >= 4 is 51.2 Å². The molecule has 0 N–H and O–H groups in total. The Labute approximate surface area is 573 Å². The smallest absolute Gasteiger partial charge is 0.0998 e. The number of anilines is 8. The highest BCUT2D eigenvalue weighted by molar-refractivity contribution is 5.88. The quantitative estimate of drug-likeness (QED) is 0.134. The largest absolute Gasteiger partial charge is 0.325 e. The van der Waals surface area contributed by atoms with Crippen LogP contribution >= 0.6 is 0 Å². The van der Waals surface area contributed by atoms with Crippen LogP contribution in [0, 0.1) is 33.6 Å². The van der Waals surface area contributed by atoms with E-state index in [4.69, 9.17) is 5.48 Å². The number of benzene rings is 9. The van der Waals surface area contributed by atoms with E-state index >= 15 is 0 Å². The van der Waals surface area contributed by atoms with Crippen molar-refractivity contribution in [3.8, 4) is 0 Å². The zero-order valence-corrected chi connectivity index (χ0v) is 54.2. The summed E-state index contributed by atoms with van der Waals surface area (Å²) in [6.45, 7) is 19.2. The molecule has 9 aromatic carbocycles. The fraction of sp³-hybridized carbons (Fsp3) is 0.279. The van der Waals surface area contributed by atoms with Crippen molar-refractivity contribution in [2.75, 3.05) is 65.8 Å². The molecule has 1 saturated carbocycles. The van der Waals surface area contributed by atoms with Gasteiger partial charge >= 0.3 is 0 Å². The predicted octanol–water partition coefficient (Wildman–Crippen LogP) is 23.4. The molecular formula is C86H106N8. The van der Waals surface area contributed by atoms with Crippen molar-refractivity contribution in [2.45, 2.75) is 131 Å². The van der Waals surface area contributed by atoms with Crippen LogP contribution in [0.25, 0.3) is 5.70 Å². The normalized spacial score (nSPS) is 19.0. The Balaban J connectivity index is 0.000000182. The summed E-state index contributed by atoms with van der Waals surface area (Å²) in [7, 11) is 0. The van der Waals surface area contributed by atoms with Crippen LogP contribution < -0.4 is 39.2 Å². The second-order valence-corrected chi connectivity index (χ2v) is 23.9. The maximum absolute atomic E-state index is 9.11. The van der Waals surface area contributed by atoms with Gasteiger partial charge in [0, 0.05) is 91.3 Å². The molecule has 0 aromatic heterocycles. The van der Waals surface area contributed by atoms with E-state index in [0.29, 0.717) is 5.92 Å². The molecule has 0 amide bonds. The molecule has 4 heterocycles. The van der Waals surface area contributed by atoms with Crippen molar-refractivity contribution < 1.29 is 5.48 Å². The van der Waals surface area contributed by atoms with Crippen LogP contribution in [0.1, 0.15) is 137 Å². The van der Waals surface area contributed by atoms with Gasteiger partial charge in [-0.1, -0.05) is 225 Å². The first-order chi connectivity index (χ1) is 45.6. The molecule has 0 spiro atoms. The van der Waals surface area contributed by atoms with Crippen molar-refractivity contribution in [3.05, 3.63) is 316 Å². The highest BCUT2D eigenvalue weighted by Crippen LogP contribution is 2.44. The summed E-state index contributed by atoms with van der Waals surface area (Å²) in [5.41, 5.74) is 23.9. The van der Waals surface area contributed by atoms with Crippen LogP contribution in [0.5, 0.6) is 0 Å². The summed E-state index contributed by atoms with van der Waals surface area (Å²) >= 11 is 0. The number of nitrogens with zero attached hydrogens (tertiary/aromatic N) is 8. The van der Waals surface area contributed by atoms with Gasteiger partial charge in [0.2, 0.25) is 0 Å². The van der Waals surface area contributed by atoms with Crippen molar-refractivity contribution in [3.63, 3.8) is 0 Å². The van der Waals surface area contributed by atoms with E-state index in [-0.39, 0.29) is 29.7 Å². The van der Waals surface area contributed by atoms with E-state index in [1.807, 2.05) is 109 Å². The molecule has 14 rings (SSSR count). The van der Waals surface area contributed by atoms with Crippen LogP contribution in [-0.2, 0) is 0 Å². The molecule has 4 aliphatic heterocycles. The lowest BCUT2D eigenvalue weighted by Gasteiger charge is -2.30. The Morgan fingerprint density at radius 2 is 0.511 bits per heavy atom. The first-order valence-electron chi connectivity index (χ1n) is 34.2. The summed E-state index contributed by atoms with van der Waals surface area (Å²) in [4.78, 5) is 17.0. The van der Waals surface area contributed by atoms with Crippen molar-refractivity contribution in [1.29, 1.82) is 0 Å². The maximum atomic E-state index is 9.11. The van der Waals surface area contributed by atoms with Crippen molar-refractivity contribution in [2.24, 2.45) is 5.92 Å². The Kier molecular flexibility index (Phi) is 23.3. The first kappa shape index (κ1) is 65.8. The average Bonchev–Trinajstić information content (AvgIpc) is 1.64. The van der Waals surface area contributed by atoms with Gasteiger partial charge in [0.1, 0.15) is 0 Å². The molecule has 5 aliphatic rings. The summed E-state index contributed by atoms with van der Waals surface area (Å²) in [5, 5.41) is 0. The van der Waals surface area contributed by atoms with Crippen LogP contribution in [0.2, 0.25) is 0 Å². The fourth-order valence-corrected chi connectivity index (χ4v) is 12.8. The number of allylic oxidation sites excluding steroid dienone is 7. The summed E-state index contributed by atoms with van der Waals surface area (Å²) in [5.74, 6) is 0.561. The minimum atomic E-state index is -0.547. The van der Waals surface area contributed by atoms with Crippen LogP contribution in [0.15, 0.2) is 289 Å². The van der Waals surface area contributed by atoms with Crippen LogP contribution in [0.3, 0.4) is 0 Å². The van der Waals surface area contributed by atoms with Crippen LogP contribution in [-0.4, -0.2) is 26.6 Å². The van der Waals surface area contributed by atoms with Gasteiger partial charge in [0.15, 0.2) is 0 Å². The lowest BCUT2D eigenvalue weighted by Crippen LogP contribution is -2.29. The molecule has 4 unspecified atom stereocenters. The third-order valence-electron chi connectivity index (χ3n) is 18.0. The number of hydrogen-bond donors (Lipinski definition) is 0. The van der Waals surface area contributed by atoms with Gasteiger partial charge in [-0.25, -0.2) is 0 Å². The minimum Gasteiger partial charge on any atom is -0.325 e. The van der Waals surface area contributed by atoms with E-state index < -0.39 is 26.6 Å². The summed E-state index contributed by atoms with van der Waals surface area (Å²) < 4.78 is 35.5. The molecule has 8 heteroatoms. The molecule has 1 aliphatic carbocycles. The highest BCUT2D eigenvalue weighted by Gasteiger charge is 2.35. The van der Waals surface area contributed by atoms with Gasteiger partial charge in [0.05, 0.1) is 37.8 Å². The number of aryl methyl sites for hydroxylation is 4. The maximum Gasteiger partial charge on any atom is 0.0998 e. The third-order valence-corrected chi connectivity index (χ3v) is 18.0. The third kappa shape index (κ3) is 15.7. The molecule has 490 valence electrons.